The molecule has 3 aromatic rings. The average molecular weight is 323 g/mol. The van der Waals surface area contributed by atoms with Crippen LogP contribution < -0.4 is 5.32 Å². The zero-order valence-electron chi connectivity index (χ0n) is 9.94. The number of rotatable bonds is 2. The third-order valence-corrected chi connectivity index (χ3v) is 4.14. The Bertz CT molecular complexity index is 697. The van der Waals surface area contributed by atoms with Crippen LogP contribution in [0.1, 0.15) is 5.69 Å². The largest absolute Gasteiger partial charge is 0.315 e. The van der Waals surface area contributed by atoms with E-state index in [1.54, 1.807) is 11.3 Å². The number of aromatic nitrogens is 3. The summed E-state index contributed by atoms with van der Waals surface area (Å²) in [5.41, 5.74) is 2.10. The van der Waals surface area contributed by atoms with Gasteiger partial charge in [-0.25, -0.2) is 4.98 Å². The lowest BCUT2D eigenvalue weighted by atomic mass is 10.3. The van der Waals surface area contributed by atoms with Crippen molar-refractivity contribution in [1.82, 2.24) is 14.8 Å². The minimum absolute atomic E-state index is 0.827. The maximum atomic E-state index is 4.54. The topological polar surface area (TPSA) is 42.7 Å². The smallest absolute Gasteiger partial charge is 0.189 e. The minimum Gasteiger partial charge on any atom is -0.315 e. The van der Waals surface area contributed by atoms with E-state index in [-0.39, 0.29) is 0 Å². The monoisotopic (exact) mass is 322 g/mol. The molecule has 0 aliphatic rings. The molecule has 0 saturated carbocycles. The van der Waals surface area contributed by atoms with Gasteiger partial charge < -0.3 is 5.32 Å². The Labute approximate surface area is 117 Å². The van der Waals surface area contributed by atoms with Gasteiger partial charge in [0.15, 0.2) is 10.9 Å². The van der Waals surface area contributed by atoms with E-state index >= 15 is 0 Å². The number of fused-ring (bicyclic) bond motifs is 1. The molecule has 2 aromatic heterocycles. The van der Waals surface area contributed by atoms with Crippen LogP contribution in [-0.2, 0) is 7.05 Å². The first-order valence-electron chi connectivity index (χ1n) is 5.45. The van der Waals surface area contributed by atoms with Gasteiger partial charge in [0.05, 0.1) is 10.2 Å². The van der Waals surface area contributed by atoms with Crippen LogP contribution in [0, 0.1) is 6.92 Å². The standard InChI is InChI=1S/C12H11BrN4S/c1-7-5-11(16-17(7)2)15-12-14-9-6-8(13)3-4-10(9)18-12/h3-6H,1-2H3,(H,14,15,16). The summed E-state index contributed by atoms with van der Waals surface area (Å²) in [4.78, 5) is 4.54. The number of anilines is 2. The zero-order valence-corrected chi connectivity index (χ0v) is 12.3. The second-order valence-corrected chi connectivity index (χ2v) is 6.00. The maximum Gasteiger partial charge on any atom is 0.189 e. The highest BCUT2D eigenvalue weighted by Gasteiger charge is 2.07. The Morgan fingerprint density at radius 2 is 2.17 bits per heavy atom. The molecule has 0 radical (unpaired) electrons. The molecule has 4 nitrogen and oxygen atoms in total. The molecule has 0 aliphatic heterocycles. The van der Waals surface area contributed by atoms with Crippen molar-refractivity contribution in [3.05, 3.63) is 34.4 Å². The fraction of sp³-hybridized carbons (Fsp3) is 0.167. The number of hydrogen-bond acceptors (Lipinski definition) is 4. The van der Waals surface area contributed by atoms with Gasteiger partial charge in [-0.2, -0.15) is 5.10 Å². The SMILES string of the molecule is Cc1cc(Nc2nc3cc(Br)ccc3s2)nn1C. The molecule has 0 saturated heterocycles. The number of hydrogen-bond donors (Lipinski definition) is 1. The summed E-state index contributed by atoms with van der Waals surface area (Å²) >= 11 is 5.07. The fourth-order valence-corrected chi connectivity index (χ4v) is 2.89. The maximum absolute atomic E-state index is 4.54. The van der Waals surface area contributed by atoms with Gasteiger partial charge in [0, 0.05) is 23.3 Å². The van der Waals surface area contributed by atoms with Crippen LogP contribution in [0.3, 0.4) is 0 Å². The zero-order chi connectivity index (χ0) is 12.7. The van der Waals surface area contributed by atoms with Crippen molar-refractivity contribution in [2.24, 2.45) is 7.05 Å². The normalized spacial score (nSPS) is 11.1. The van der Waals surface area contributed by atoms with Gasteiger partial charge >= 0.3 is 0 Å². The molecule has 2 heterocycles. The van der Waals surface area contributed by atoms with Crippen LogP contribution in [0.2, 0.25) is 0 Å². The lowest BCUT2D eigenvalue weighted by Gasteiger charge is -1.94. The van der Waals surface area contributed by atoms with Gasteiger partial charge in [0.1, 0.15) is 0 Å². The number of halogens is 1. The summed E-state index contributed by atoms with van der Waals surface area (Å²) in [6, 6.07) is 8.10. The molecular weight excluding hydrogens is 312 g/mol. The summed E-state index contributed by atoms with van der Waals surface area (Å²) < 4.78 is 4.04. The highest BCUT2D eigenvalue weighted by atomic mass is 79.9. The van der Waals surface area contributed by atoms with Crippen molar-refractivity contribution < 1.29 is 0 Å². The van der Waals surface area contributed by atoms with Crippen molar-refractivity contribution in [3.8, 4) is 0 Å². The minimum atomic E-state index is 0.827. The number of thiazole rings is 1. The Balaban J connectivity index is 1.95. The van der Waals surface area contributed by atoms with Crippen molar-refractivity contribution >= 4 is 48.4 Å². The van der Waals surface area contributed by atoms with Gasteiger partial charge in [-0.05, 0) is 25.1 Å². The molecule has 18 heavy (non-hydrogen) atoms. The molecule has 0 aliphatic carbocycles. The van der Waals surface area contributed by atoms with Crippen molar-refractivity contribution in [1.29, 1.82) is 0 Å². The van der Waals surface area contributed by atoms with E-state index in [9.17, 15) is 0 Å². The van der Waals surface area contributed by atoms with Crippen LogP contribution in [0.25, 0.3) is 10.2 Å². The third-order valence-electron chi connectivity index (χ3n) is 2.70. The van der Waals surface area contributed by atoms with E-state index in [2.05, 4.69) is 37.4 Å². The molecule has 92 valence electrons. The van der Waals surface area contributed by atoms with Gasteiger partial charge in [-0.1, -0.05) is 27.3 Å². The van der Waals surface area contributed by atoms with Crippen LogP contribution >= 0.6 is 27.3 Å². The molecular formula is C12H11BrN4S. The molecule has 0 bridgehead atoms. The predicted molar refractivity (Wildman–Crippen MR) is 78.5 cm³/mol. The molecule has 3 rings (SSSR count). The summed E-state index contributed by atoms with van der Waals surface area (Å²) in [6.45, 7) is 2.02. The lowest BCUT2D eigenvalue weighted by molar-refractivity contribution is 0.743. The van der Waals surface area contributed by atoms with Gasteiger partial charge in [0.25, 0.3) is 0 Å². The molecule has 0 fully saturated rings. The Hall–Kier alpha value is -1.40. The van der Waals surface area contributed by atoms with Crippen molar-refractivity contribution in [2.45, 2.75) is 6.92 Å². The van der Waals surface area contributed by atoms with Gasteiger partial charge in [-0.15, -0.1) is 0 Å². The van der Waals surface area contributed by atoms with E-state index in [1.807, 2.05) is 36.9 Å². The number of nitrogens with one attached hydrogen (secondary N) is 1. The molecule has 0 spiro atoms. The van der Waals surface area contributed by atoms with E-state index in [1.165, 1.54) is 0 Å². The predicted octanol–water partition coefficient (Wildman–Crippen LogP) is 3.84. The van der Waals surface area contributed by atoms with Gasteiger partial charge in [0.2, 0.25) is 0 Å². The third kappa shape index (κ3) is 2.13. The van der Waals surface area contributed by atoms with E-state index in [0.29, 0.717) is 0 Å². The molecule has 1 N–H and O–H groups in total. The van der Waals surface area contributed by atoms with Crippen LogP contribution in [0.5, 0.6) is 0 Å². The first-order valence-corrected chi connectivity index (χ1v) is 7.06. The van der Waals surface area contributed by atoms with Crippen molar-refractivity contribution in [3.63, 3.8) is 0 Å². The first-order chi connectivity index (χ1) is 8.61. The van der Waals surface area contributed by atoms with E-state index < -0.39 is 0 Å². The molecule has 0 unspecified atom stereocenters. The molecule has 0 atom stereocenters. The lowest BCUT2D eigenvalue weighted by Crippen LogP contribution is -1.94. The summed E-state index contributed by atoms with van der Waals surface area (Å²) in [5, 5.41) is 8.45. The Kier molecular flexibility index (Phi) is 2.83. The summed E-state index contributed by atoms with van der Waals surface area (Å²) in [7, 11) is 1.93. The molecule has 0 amide bonds. The van der Waals surface area contributed by atoms with Crippen molar-refractivity contribution in [2.75, 3.05) is 5.32 Å². The molecule has 6 heteroatoms. The number of aryl methyl sites for hydroxylation is 2. The number of benzene rings is 1. The first kappa shape index (κ1) is 11.7. The average Bonchev–Trinajstić information content (AvgIpc) is 2.82. The van der Waals surface area contributed by atoms with Crippen LogP contribution in [-0.4, -0.2) is 14.8 Å². The highest BCUT2D eigenvalue weighted by Crippen LogP contribution is 2.29. The quantitative estimate of drug-likeness (QED) is 0.779. The van der Waals surface area contributed by atoms with E-state index in [4.69, 9.17) is 0 Å². The second kappa shape index (κ2) is 4.37. The Morgan fingerprint density at radius 1 is 1.33 bits per heavy atom. The van der Waals surface area contributed by atoms with E-state index in [0.717, 1.165) is 31.3 Å². The Morgan fingerprint density at radius 3 is 2.89 bits per heavy atom. The highest BCUT2D eigenvalue weighted by molar-refractivity contribution is 9.10. The fourth-order valence-electron chi connectivity index (χ4n) is 1.69. The summed E-state index contributed by atoms with van der Waals surface area (Å²) in [5.74, 6) is 0.827. The van der Waals surface area contributed by atoms with Crippen LogP contribution in [0.4, 0.5) is 10.9 Å². The number of nitrogens with zero attached hydrogens (tertiary/aromatic N) is 3. The molecule has 1 aromatic carbocycles. The van der Waals surface area contributed by atoms with Gasteiger partial charge in [-0.3, -0.25) is 4.68 Å². The van der Waals surface area contributed by atoms with Crippen LogP contribution in [0.15, 0.2) is 28.7 Å². The second-order valence-electron chi connectivity index (χ2n) is 4.05. The summed E-state index contributed by atoms with van der Waals surface area (Å²) in [6.07, 6.45) is 0.